The maximum atomic E-state index is 12.6. The minimum atomic E-state index is -4.38. The molecule has 0 saturated carbocycles. The minimum absolute atomic E-state index is 0.0523. The predicted molar refractivity (Wildman–Crippen MR) is 257 cm³/mol. The van der Waals surface area contributed by atoms with E-state index in [0.29, 0.717) is 6.42 Å². The Labute approximate surface area is 375 Å². The van der Waals surface area contributed by atoms with Gasteiger partial charge in [-0.1, -0.05) is 224 Å². The number of phosphoric ester groups is 1. The number of carbonyl (C=O) groups is 2. The first-order valence-corrected chi connectivity index (χ1v) is 27.0. The van der Waals surface area contributed by atoms with Crippen molar-refractivity contribution in [3.8, 4) is 0 Å². The van der Waals surface area contributed by atoms with E-state index in [1.165, 1.54) is 148 Å². The summed E-state index contributed by atoms with van der Waals surface area (Å²) in [7, 11) is -4.38. The van der Waals surface area contributed by atoms with Crippen molar-refractivity contribution < 1.29 is 37.6 Å². The van der Waals surface area contributed by atoms with Gasteiger partial charge < -0.3 is 20.1 Å². The normalized spacial score (nSPS) is 13.4. The molecule has 0 saturated heterocycles. The topological polar surface area (TPSA) is 134 Å². The molecule has 0 aromatic carbocycles. The zero-order valence-electron chi connectivity index (χ0n) is 39.7. The number of phosphoric acid groups is 1. The SMILES string of the molecule is CC/C=C\C/C=C\C/C=C\CCCCCCCCCC(=O)OC(COC(=O)CCCCCCCCCCCCCCCCCCCCCCCCC)COP(=O)(O)OCCN. The van der Waals surface area contributed by atoms with Crippen LogP contribution in [0.3, 0.4) is 0 Å². The lowest BCUT2D eigenvalue weighted by Crippen LogP contribution is -2.29. The fourth-order valence-corrected chi connectivity index (χ4v) is 8.06. The van der Waals surface area contributed by atoms with E-state index in [4.69, 9.17) is 24.3 Å². The maximum Gasteiger partial charge on any atom is 0.472 e. The van der Waals surface area contributed by atoms with Gasteiger partial charge in [-0.3, -0.25) is 18.6 Å². The van der Waals surface area contributed by atoms with Gasteiger partial charge >= 0.3 is 19.8 Å². The summed E-state index contributed by atoms with van der Waals surface area (Å²) in [5.41, 5.74) is 5.36. The number of unbranched alkanes of at least 4 members (excludes halogenated alkanes) is 29. The van der Waals surface area contributed by atoms with Gasteiger partial charge in [0, 0.05) is 19.4 Å². The average molecular weight is 882 g/mol. The molecule has 0 heterocycles. The number of esters is 2. The first-order valence-electron chi connectivity index (χ1n) is 25.5. The van der Waals surface area contributed by atoms with Crippen LogP contribution in [0.5, 0.6) is 0 Å². The van der Waals surface area contributed by atoms with Crippen LogP contribution in [0.25, 0.3) is 0 Å². The van der Waals surface area contributed by atoms with Crippen LogP contribution in [0.15, 0.2) is 36.5 Å². The molecular weight excluding hydrogens is 786 g/mol. The molecule has 0 spiro atoms. The standard InChI is InChI=1S/C51H96NO8P/c1-3-5-7-9-11-13-15-17-19-21-22-23-24-25-26-28-29-31-33-35-37-39-41-43-50(53)57-47-49(48-59-61(55,56)58-46-45-52)60-51(54)44-42-40-38-36-34-32-30-27-20-18-16-14-12-10-8-6-4-2/h6,8,12,14,18,20,49H,3-5,7,9-11,13,15-17,19,21-48,52H2,1-2H3,(H,55,56)/b8-6-,14-12-,20-18-. The summed E-state index contributed by atoms with van der Waals surface area (Å²) >= 11 is 0. The van der Waals surface area contributed by atoms with Crippen LogP contribution < -0.4 is 5.73 Å². The Morgan fingerprint density at radius 2 is 0.902 bits per heavy atom. The van der Waals surface area contributed by atoms with E-state index < -0.39 is 26.5 Å². The van der Waals surface area contributed by atoms with Gasteiger partial charge in [-0.15, -0.1) is 0 Å². The van der Waals surface area contributed by atoms with Crippen molar-refractivity contribution in [2.75, 3.05) is 26.4 Å². The lowest BCUT2D eigenvalue weighted by molar-refractivity contribution is -0.161. The highest BCUT2D eigenvalue weighted by Gasteiger charge is 2.26. The molecule has 0 amide bonds. The van der Waals surface area contributed by atoms with E-state index in [-0.39, 0.29) is 38.6 Å². The van der Waals surface area contributed by atoms with Crippen molar-refractivity contribution in [1.82, 2.24) is 0 Å². The predicted octanol–water partition coefficient (Wildman–Crippen LogP) is 15.3. The van der Waals surface area contributed by atoms with Crippen LogP contribution in [-0.2, 0) is 32.7 Å². The zero-order chi connectivity index (χ0) is 44.6. The quantitative estimate of drug-likeness (QED) is 0.0265. The Balaban J connectivity index is 4.00. The Morgan fingerprint density at radius 1 is 0.508 bits per heavy atom. The molecule has 0 bridgehead atoms. The van der Waals surface area contributed by atoms with Crippen LogP contribution in [0.4, 0.5) is 0 Å². The largest absolute Gasteiger partial charge is 0.472 e. The van der Waals surface area contributed by atoms with Gasteiger partial charge in [0.15, 0.2) is 6.10 Å². The van der Waals surface area contributed by atoms with Gasteiger partial charge in [0.1, 0.15) is 6.61 Å². The summed E-state index contributed by atoms with van der Waals surface area (Å²) in [5.74, 6) is -0.829. The van der Waals surface area contributed by atoms with Crippen molar-refractivity contribution in [3.05, 3.63) is 36.5 Å². The summed E-state index contributed by atoms with van der Waals surface area (Å²) in [6, 6.07) is 0. The van der Waals surface area contributed by atoms with Gasteiger partial charge in [-0.2, -0.15) is 0 Å². The highest BCUT2D eigenvalue weighted by atomic mass is 31.2. The second-order valence-corrected chi connectivity index (χ2v) is 18.5. The van der Waals surface area contributed by atoms with E-state index in [9.17, 15) is 19.0 Å². The molecule has 3 N–H and O–H groups in total. The molecule has 0 fully saturated rings. The number of allylic oxidation sites excluding steroid dienone is 6. The average Bonchev–Trinajstić information content (AvgIpc) is 3.25. The minimum Gasteiger partial charge on any atom is -0.462 e. The fraction of sp³-hybridized carbons (Fsp3) is 0.843. The molecule has 0 aliphatic carbocycles. The summed E-state index contributed by atoms with van der Waals surface area (Å²) in [6.07, 6.45) is 54.7. The molecular formula is C51H96NO8P. The Kier molecular flexibility index (Phi) is 46.3. The maximum absolute atomic E-state index is 12.6. The number of hydrogen-bond acceptors (Lipinski definition) is 8. The molecule has 0 aromatic heterocycles. The summed E-state index contributed by atoms with van der Waals surface area (Å²) in [5, 5.41) is 0. The van der Waals surface area contributed by atoms with Crippen molar-refractivity contribution >= 4 is 19.8 Å². The van der Waals surface area contributed by atoms with Crippen molar-refractivity contribution in [3.63, 3.8) is 0 Å². The van der Waals surface area contributed by atoms with Gasteiger partial charge in [-0.25, -0.2) is 4.57 Å². The van der Waals surface area contributed by atoms with Gasteiger partial charge in [0.2, 0.25) is 0 Å². The second kappa shape index (κ2) is 47.7. The van der Waals surface area contributed by atoms with Crippen LogP contribution in [0.2, 0.25) is 0 Å². The number of hydrogen-bond donors (Lipinski definition) is 2. The third-order valence-corrected chi connectivity index (χ3v) is 12.0. The Hall–Kier alpha value is -1.77. The van der Waals surface area contributed by atoms with Crippen LogP contribution in [0, 0.1) is 0 Å². The zero-order valence-corrected chi connectivity index (χ0v) is 40.5. The smallest absolute Gasteiger partial charge is 0.462 e. The van der Waals surface area contributed by atoms with E-state index >= 15 is 0 Å². The third-order valence-electron chi connectivity index (χ3n) is 11.0. The van der Waals surface area contributed by atoms with Crippen LogP contribution in [0.1, 0.15) is 245 Å². The van der Waals surface area contributed by atoms with Crippen molar-refractivity contribution in [2.24, 2.45) is 5.73 Å². The molecule has 61 heavy (non-hydrogen) atoms. The first kappa shape index (κ1) is 59.2. The van der Waals surface area contributed by atoms with E-state index in [1.54, 1.807) is 0 Å². The molecule has 358 valence electrons. The summed E-state index contributed by atoms with van der Waals surface area (Å²) < 4.78 is 32.9. The van der Waals surface area contributed by atoms with Crippen LogP contribution >= 0.6 is 7.82 Å². The molecule has 2 atom stereocenters. The molecule has 0 rings (SSSR count). The number of nitrogens with two attached hydrogens (primary N) is 1. The number of rotatable bonds is 48. The van der Waals surface area contributed by atoms with E-state index in [2.05, 4.69) is 50.3 Å². The number of ether oxygens (including phenoxy) is 2. The molecule has 10 heteroatoms. The summed E-state index contributed by atoms with van der Waals surface area (Å²) in [4.78, 5) is 35.0. The monoisotopic (exact) mass is 882 g/mol. The summed E-state index contributed by atoms with van der Waals surface area (Å²) in [6.45, 7) is 3.65. The van der Waals surface area contributed by atoms with Gasteiger partial charge in [0.05, 0.1) is 13.2 Å². The molecule has 0 aliphatic rings. The molecule has 2 unspecified atom stereocenters. The van der Waals surface area contributed by atoms with E-state index in [0.717, 1.165) is 64.2 Å². The Bertz CT molecular complexity index is 1100. The number of carbonyl (C=O) groups excluding carboxylic acids is 2. The lowest BCUT2D eigenvalue weighted by Gasteiger charge is -2.19. The first-order chi connectivity index (χ1) is 29.8. The van der Waals surface area contributed by atoms with Crippen molar-refractivity contribution in [2.45, 2.75) is 251 Å². The Morgan fingerprint density at radius 3 is 1.34 bits per heavy atom. The fourth-order valence-electron chi connectivity index (χ4n) is 7.30. The van der Waals surface area contributed by atoms with Crippen molar-refractivity contribution in [1.29, 1.82) is 0 Å². The second-order valence-electron chi connectivity index (χ2n) is 17.0. The molecule has 0 aromatic rings. The molecule has 9 nitrogen and oxygen atoms in total. The molecule has 0 aliphatic heterocycles. The van der Waals surface area contributed by atoms with Gasteiger partial charge in [0.25, 0.3) is 0 Å². The third kappa shape index (κ3) is 47.5. The van der Waals surface area contributed by atoms with E-state index in [1.807, 2.05) is 0 Å². The highest BCUT2D eigenvalue weighted by Crippen LogP contribution is 2.43. The highest BCUT2D eigenvalue weighted by molar-refractivity contribution is 7.47. The lowest BCUT2D eigenvalue weighted by atomic mass is 10.0. The van der Waals surface area contributed by atoms with Gasteiger partial charge in [-0.05, 0) is 44.9 Å². The molecule has 0 radical (unpaired) electrons. The van der Waals surface area contributed by atoms with Crippen LogP contribution in [-0.4, -0.2) is 49.3 Å².